The molecule has 0 bridgehead atoms. The molecular formula is C23H28N2O6. The second kappa shape index (κ2) is 12.2. The van der Waals surface area contributed by atoms with Gasteiger partial charge in [0, 0.05) is 31.9 Å². The average Bonchev–Trinajstić information content (AvgIpc) is 2.79. The zero-order chi connectivity index (χ0) is 22.6. The first-order valence-corrected chi connectivity index (χ1v) is 9.69. The summed E-state index contributed by atoms with van der Waals surface area (Å²) in [6.07, 6.45) is 3.66. The lowest BCUT2D eigenvalue weighted by atomic mass is 10.1. The number of carbonyl (C=O) groups excluding carboxylic acids is 2. The molecule has 2 N–H and O–H groups in total. The van der Waals surface area contributed by atoms with Crippen LogP contribution in [0.1, 0.15) is 22.3 Å². The normalized spacial score (nSPS) is 10.6. The lowest BCUT2D eigenvalue weighted by Crippen LogP contribution is -2.26. The molecule has 8 nitrogen and oxygen atoms in total. The van der Waals surface area contributed by atoms with E-state index in [0.29, 0.717) is 53.6 Å². The zero-order valence-electron chi connectivity index (χ0n) is 18.2. The van der Waals surface area contributed by atoms with E-state index in [0.717, 1.165) is 0 Å². The number of carbonyl (C=O) groups is 2. The largest absolute Gasteiger partial charge is 0.493 e. The highest BCUT2D eigenvalue weighted by atomic mass is 16.5. The van der Waals surface area contributed by atoms with E-state index < -0.39 is 5.91 Å². The molecule has 0 aliphatic heterocycles. The number of hydrogen-bond acceptors (Lipinski definition) is 6. The van der Waals surface area contributed by atoms with Gasteiger partial charge in [-0.25, -0.2) is 0 Å². The van der Waals surface area contributed by atoms with Crippen LogP contribution in [-0.2, 0) is 9.53 Å². The van der Waals surface area contributed by atoms with Gasteiger partial charge in [-0.3, -0.25) is 9.59 Å². The van der Waals surface area contributed by atoms with Crippen LogP contribution in [0.15, 0.2) is 42.5 Å². The first-order valence-electron chi connectivity index (χ1n) is 9.69. The second-order valence-corrected chi connectivity index (χ2v) is 6.39. The summed E-state index contributed by atoms with van der Waals surface area (Å²) in [6, 6.07) is 10.3. The van der Waals surface area contributed by atoms with Crippen molar-refractivity contribution in [2.45, 2.75) is 6.42 Å². The molecule has 0 radical (unpaired) electrons. The van der Waals surface area contributed by atoms with E-state index in [-0.39, 0.29) is 5.91 Å². The summed E-state index contributed by atoms with van der Waals surface area (Å²) in [5.74, 6) is 0.741. The molecule has 0 aliphatic rings. The number of para-hydroxylation sites is 1. The molecule has 2 aromatic carbocycles. The van der Waals surface area contributed by atoms with Crippen LogP contribution in [0.5, 0.6) is 17.2 Å². The summed E-state index contributed by atoms with van der Waals surface area (Å²) in [7, 11) is 6.16. The fraction of sp³-hybridized carbons (Fsp3) is 0.304. The minimum atomic E-state index is -0.392. The van der Waals surface area contributed by atoms with E-state index >= 15 is 0 Å². The van der Waals surface area contributed by atoms with Crippen molar-refractivity contribution in [1.29, 1.82) is 0 Å². The van der Waals surface area contributed by atoms with Crippen LogP contribution in [0.3, 0.4) is 0 Å². The summed E-state index contributed by atoms with van der Waals surface area (Å²) in [5, 5.41) is 5.56. The fourth-order valence-electron chi connectivity index (χ4n) is 2.90. The summed E-state index contributed by atoms with van der Waals surface area (Å²) < 4.78 is 21.0. The molecule has 0 atom stereocenters. The number of rotatable bonds is 11. The quantitative estimate of drug-likeness (QED) is 0.422. The van der Waals surface area contributed by atoms with E-state index in [2.05, 4.69) is 10.6 Å². The van der Waals surface area contributed by atoms with Gasteiger partial charge in [0.25, 0.3) is 5.91 Å². The second-order valence-electron chi connectivity index (χ2n) is 6.39. The number of amides is 2. The highest BCUT2D eigenvalue weighted by molar-refractivity contribution is 6.07. The molecule has 2 rings (SSSR count). The first-order chi connectivity index (χ1) is 15.0. The van der Waals surface area contributed by atoms with Gasteiger partial charge in [-0.15, -0.1) is 0 Å². The van der Waals surface area contributed by atoms with Crippen LogP contribution < -0.4 is 24.8 Å². The minimum absolute atomic E-state index is 0.266. The summed E-state index contributed by atoms with van der Waals surface area (Å²) in [4.78, 5) is 24.9. The lowest BCUT2D eigenvalue weighted by Gasteiger charge is -2.14. The van der Waals surface area contributed by atoms with Gasteiger partial charge in [-0.05, 0) is 36.8 Å². The van der Waals surface area contributed by atoms with Gasteiger partial charge in [-0.1, -0.05) is 12.1 Å². The molecule has 0 aliphatic carbocycles. The van der Waals surface area contributed by atoms with Gasteiger partial charge in [0.15, 0.2) is 11.5 Å². The van der Waals surface area contributed by atoms with E-state index in [4.69, 9.17) is 18.9 Å². The maximum absolute atomic E-state index is 12.5. The third-order valence-electron chi connectivity index (χ3n) is 4.39. The molecule has 0 aromatic heterocycles. The van der Waals surface area contributed by atoms with Crippen LogP contribution in [0, 0.1) is 0 Å². The number of methoxy groups -OCH3 is 4. The van der Waals surface area contributed by atoms with Crippen molar-refractivity contribution in [2.24, 2.45) is 0 Å². The number of hydrogen-bond donors (Lipinski definition) is 2. The number of anilines is 1. The Bertz CT molecular complexity index is 926. The summed E-state index contributed by atoms with van der Waals surface area (Å²) in [5.41, 5.74) is 1.44. The fourth-order valence-corrected chi connectivity index (χ4v) is 2.90. The molecule has 0 saturated heterocycles. The Balaban J connectivity index is 2.13. The molecule has 166 valence electrons. The Hall–Kier alpha value is -3.52. The third kappa shape index (κ3) is 6.48. The van der Waals surface area contributed by atoms with Crippen molar-refractivity contribution in [3.8, 4) is 17.2 Å². The van der Waals surface area contributed by atoms with Gasteiger partial charge in [0.1, 0.15) is 0 Å². The lowest BCUT2D eigenvalue weighted by molar-refractivity contribution is -0.111. The number of nitrogens with one attached hydrogen (secondary N) is 2. The molecule has 0 saturated carbocycles. The van der Waals surface area contributed by atoms with Gasteiger partial charge in [0.05, 0.1) is 32.6 Å². The van der Waals surface area contributed by atoms with Crippen LogP contribution in [0.4, 0.5) is 5.69 Å². The van der Waals surface area contributed by atoms with Gasteiger partial charge < -0.3 is 29.6 Å². The monoisotopic (exact) mass is 428 g/mol. The Morgan fingerprint density at radius 2 is 1.68 bits per heavy atom. The molecule has 2 amide bonds. The SMILES string of the molecule is COCCCNC(=O)c1ccccc1NC(=O)/C=C/c1ccc(OC)c(OC)c1OC. The topological polar surface area (TPSA) is 95.1 Å². The van der Waals surface area contributed by atoms with Crippen molar-refractivity contribution >= 4 is 23.6 Å². The molecule has 31 heavy (non-hydrogen) atoms. The highest BCUT2D eigenvalue weighted by Crippen LogP contribution is 2.40. The van der Waals surface area contributed by atoms with Crippen molar-refractivity contribution in [2.75, 3.05) is 46.9 Å². The Labute approximate surface area is 182 Å². The van der Waals surface area contributed by atoms with Gasteiger partial charge in [0.2, 0.25) is 11.7 Å². The Morgan fingerprint density at radius 3 is 2.35 bits per heavy atom. The van der Waals surface area contributed by atoms with Crippen LogP contribution in [0.2, 0.25) is 0 Å². The Kier molecular flexibility index (Phi) is 9.38. The smallest absolute Gasteiger partial charge is 0.253 e. The third-order valence-corrected chi connectivity index (χ3v) is 4.39. The van der Waals surface area contributed by atoms with Gasteiger partial charge in [-0.2, -0.15) is 0 Å². The van der Waals surface area contributed by atoms with E-state index in [1.807, 2.05) is 0 Å². The zero-order valence-corrected chi connectivity index (χ0v) is 18.2. The molecular weight excluding hydrogens is 400 g/mol. The minimum Gasteiger partial charge on any atom is -0.493 e. The van der Waals surface area contributed by atoms with E-state index in [1.165, 1.54) is 27.4 Å². The molecule has 0 fully saturated rings. The van der Waals surface area contributed by atoms with E-state index in [1.54, 1.807) is 49.6 Å². The van der Waals surface area contributed by atoms with Crippen molar-refractivity contribution in [1.82, 2.24) is 5.32 Å². The molecule has 0 unspecified atom stereocenters. The van der Waals surface area contributed by atoms with Crippen molar-refractivity contribution < 1.29 is 28.5 Å². The van der Waals surface area contributed by atoms with E-state index in [9.17, 15) is 9.59 Å². The summed E-state index contributed by atoms with van der Waals surface area (Å²) in [6.45, 7) is 1.04. The van der Waals surface area contributed by atoms with Crippen LogP contribution >= 0.6 is 0 Å². The van der Waals surface area contributed by atoms with Crippen molar-refractivity contribution in [3.63, 3.8) is 0 Å². The van der Waals surface area contributed by atoms with Gasteiger partial charge >= 0.3 is 0 Å². The number of ether oxygens (including phenoxy) is 4. The standard InChI is InChI=1S/C23H28N2O6/c1-28-15-7-14-24-23(27)17-8-5-6-9-18(17)25-20(26)13-11-16-10-12-19(29-2)22(31-4)21(16)30-3/h5-6,8-13H,7,14-15H2,1-4H3,(H,24,27)(H,25,26)/b13-11+. The van der Waals surface area contributed by atoms with Crippen LogP contribution in [-0.4, -0.2) is 53.4 Å². The molecule has 8 heteroatoms. The molecule has 0 spiro atoms. The Morgan fingerprint density at radius 1 is 0.935 bits per heavy atom. The maximum Gasteiger partial charge on any atom is 0.253 e. The predicted octanol–water partition coefficient (Wildman–Crippen LogP) is 3.13. The first kappa shape index (κ1) is 23.8. The predicted molar refractivity (Wildman–Crippen MR) is 119 cm³/mol. The summed E-state index contributed by atoms with van der Waals surface area (Å²) >= 11 is 0. The van der Waals surface area contributed by atoms with Crippen LogP contribution in [0.25, 0.3) is 6.08 Å². The molecule has 2 aromatic rings. The average molecular weight is 428 g/mol. The number of benzene rings is 2. The van der Waals surface area contributed by atoms with Crippen molar-refractivity contribution in [3.05, 3.63) is 53.6 Å². The maximum atomic E-state index is 12.5. The highest BCUT2D eigenvalue weighted by Gasteiger charge is 2.15. The molecule has 0 heterocycles.